The highest BCUT2D eigenvalue weighted by Crippen LogP contribution is 2.24. The maximum absolute atomic E-state index is 5.73. The average molecular weight is 295 g/mol. The number of nitrogens with zero attached hydrogens (tertiary/aromatic N) is 1. The van der Waals surface area contributed by atoms with E-state index in [1.165, 1.54) is 0 Å². The molecule has 6 nitrogen and oxygen atoms in total. The van der Waals surface area contributed by atoms with Gasteiger partial charge in [0.05, 0.1) is 20.8 Å². The van der Waals surface area contributed by atoms with Crippen molar-refractivity contribution < 1.29 is 14.2 Å². The van der Waals surface area contributed by atoms with Gasteiger partial charge in [-0.1, -0.05) is 0 Å². The van der Waals surface area contributed by atoms with Gasteiger partial charge in [0.15, 0.2) is 5.96 Å². The van der Waals surface area contributed by atoms with Crippen molar-refractivity contribution in [2.75, 3.05) is 41.0 Å². The third-order valence-electron chi connectivity index (χ3n) is 2.99. The van der Waals surface area contributed by atoms with Gasteiger partial charge in [0.25, 0.3) is 0 Å². The third kappa shape index (κ3) is 6.35. The minimum Gasteiger partial charge on any atom is -0.497 e. The molecular formula is C15H25N3O3. The van der Waals surface area contributed by atoms with Crippen molar-refractivity contribution in [3.8, 4) is 11.5 Å². The zero-order valence-electron chi connectivity index (χ0n) is 13.0. The molecule has 0 unspecified atom stereocenters. The summed E-state index contributed by atoms with van der Waals surface area (Å²) in [7, 11) is 4.97. The molecule has 0 spiro atoms. The molecule has 0 aliphatic rings. The van der Waals surface area contributed by atoms with Crippen LogP contribution in [0, 0.1) is 0 Å². The summed E-state index contributed by atoms with van der Waals surface area (Å²) in [4.78, 5) is 4.26. The van der Waals surface area contributed by atoms with Gasteiger partial charge in [0.1, 0.15) is 11.5 Å². The maximum Gasteiger partial charge on any atom is 0.188 e. The molecule has 0 aliphatic heterocycles. The Bertz CT molecular complexity index is 450. The molecule has 21 heavy (non-hydrogen) atoms. The molecule has 0 aliphatic carbocycles. The van der Waals surface area contributed by atoms with Gasteiger partial charge >= 0.3 is 0 Å². The molecule has 0 aromatic heterocycles. The highest BCUT2D eigenvalue weighted by molar-refractivity contribution is 5.77. The lowest BCUT2D eigenvalue weighted by Gasteiger charge is -2.10. The number of benzene rings is 1. The number of ether oxygens (including phenoxy) is 3. The number of nitrogens with two attached hydrogens (primary N) is 1. The Labute approximate surface area is 126 Å². The first kappa shape index (κ1) is 17.1. The van der Waals surface area contributed by atoms with Gasteiger partial charge in [-0.05, 0) is 36.6 Å². The molecule has 0 heterocycles. The van der Waals surface area contributed by atoms with Crippen LogP contribution in [-0.2, 0) is 11.2 Å². The van der Waals surface area contributed by atoms with Crippen LogP contribution in [0.15, 0.2) is 23.2 Å². The van der Waals surface area contributed by atoms with Crippen LogP contribution in [-0.4, -0.2) is 47.0 Å². The van der Waals surface area contributed by atoms with Gasteiger partial charge in [-0.3, -0.25) is 4.99 Å². The number of aryl methyl sites for hydroxylation is 1. The maximum atomic E-state index is 5.73. The highest BCUT2D eigenvalue weighted by atomic mass is 16.5. The standard InChI is InChI=1S/C15H25N3O3/c1-19-10-9-18-15(16)17-8-4-5-12-11-13(20-2)6-7-14(12)21-3/h6-7,11H,4-5,8-10H2,1-3H3,(H3,16,17,18). The van der Waals surface area contributed by atoms with E-state index in [4.69, 9.17) is 19.9 Å². The number of hydrogen-bond acceptors (Lipinski definition) is 4. The summed E-state index contributed by atoms with van der Waals surface area (Å²) in [5.74, 6) is 2.14. The predicted octanol–water partition coefficient (Wildman–Crippen LogP) is 1.19. The number of guanidine groups is 1. The van der Waals surface area contributed by atoms with E-state index in [2.05, 4.69) is 10.3 Å². The van der Waals surface area contributed by atoms with Crippen LogP contribution in [0.1, 0.15) is 12.0 Å². The Morgan fingerprint density at radius 1 is 1.24 bits per heavy atom. The summed E-state index contributed by atoms with van der Waals surface area (Å²) < 4.78 is 15.5. The summed E-state index contributed by atoms with van der Waals surface area (Å²) in [5, 5.41) is 2.98. The van der Waals surface area contributed by atoms with E-state index in [1.54, 1.807) is 21.3 Å². The van der Waals surface area contributed by atoms with Gasteiger partial charge in [0, 0.05) is 20.2 Å². The summed E-state index contributed by atoms with van der Waals surface area (Å²) in [5.41, 5.74) is 6.84. The van der Waals surface area contributed by atoms with Crippen LogP contribution in [0.5, 0.6) is 11.5 Å². The Balaban J connectivity index is 2.42. The molecule has 1 aromatic carbocycles. The Morgan fingerprint density at radius 2 is 2.05 bits per heavy atom. The van der Waals surface area contributed by atoms with Crippen LogP contribution in [0.25, 0.3) is 0 Å². The molecule has 118 valence electrons. The molecule has 0 fully saturated rings. The Kier molecular flexibility index (Phi) is 8.04. The van der Waals surface area contributed by atoms with Gasteiger partial charge < -0.3 is 25.3 Å². The Morgan fingerprint density at radius 3 is 2.71 bits per heavy atom. The van der Waals surface area contributed by atoms with Crippen LogP contribution < -0.4 is 20.5 Å². The first-order valence-electron chi connectivity index (χ1n) is 6.95. The van der Waals surface area contributed by atoms with Gasteiger partial charge in [-0.15, -0.1) is 0 Å². The van der Waals surface area contributed by atoms with E-state index in [0.29, 0.717) is 25.7 Å². The van der Waals surface area contributed by atoms with Gasteiger partial charge in [-0.25, -0.2) is 0 Å². The second kappa shape index (κ2) is 9.88. The van der Waals surface area contributed by atoms with Gasteiger partial charge in [-0.2, -0.15) is 0 Å². The van der Waals surface area contributed by atoms with E-state index in [1.807, 2.05) is 18.2 Å². The van der Waals surface area contributed by atoms with Crippen molar-refractivity contribution in [3.05, 3.63) is 23.8 Å². The molecular weight excluding hydrogens is 270 g/mol. The number of aliphatic imine (C=N–C) groups is 1. The minimum absolute atomic E-state index is 0.449. The topological polar surface area (TPSA) is 78.1 Å². The number of nitrogens with one attached hydrogen (secondary N) is 1. The average Bonchev–Trinajstić information content (AvgIpc) is 2.51. The largest absolute Gasteiger partial charge is 0.497 e. The lowest BCUT2D eigenvalue weighted by atomic mass is 10.1. The summed E-state index contributed by atoms with van der Waals surface area (Å²) in [6.07, 6.45) is 1.74. The molecule has 0 radical (unpaired) electrons. The first-order valence-corrected chi connectivity index (χ1v) is 6.95. The van der Waals surface area contributed by atoms with E-state index in [-0.39, 0.29) is 0 Å². The van der Waals surface area contributed by atoms with Gasteiger partial charge in [0.2, 0.25) is 0 Å². The molecule has 6 heteroatoms. The zero-order valence-corrected chi connectivity index (χ0v) is 13.0. The number of methoxy groups -OCH3 is 3. The fraction of sp³-hybridized carbons (Fsp3) is 0.533. The predicted molar refractivity (Wildman–Crippen MR) is 84.2 cm³/mol. The third-order valence-corrected chi connectivity index (χ3v) is 2.99. The summed E-state index contributed by atoms with van der Waals surface area (Å²) >= 11 is 0. The number of rotatable bonds is 9. The van der Waals surface area contributed by atoms with E-state index in [9.17, 15) is 0 Å². The van der Waals surface area contributed by atoms with Crippen molar-refractivity contribution in [2.24, 2.45) is 10.7 Å². The van der Waals surface area contributed by atoms with Crippen molar-refractivity contribution in [2.45, 2.75) is 12.8 Å². The molecule has 0 amide bonds. The smallest absolute Gasteiger partial charge is 0.188 e. The van der Waals surface area contributed by atoms with E-state index >= 15 is 0 Å². The lowest BCUT2D eigenvalue weighted by molar-refractivity contribution is 0.204. The van der Waals surface area contributed by atoms with Crippen LogP contribution in [0.4, 0.5) is 0 Å². The van der Waals surface area contributed by atoms with Crippen molar-refractivity contribution in [1.29, 1.82) is 0 Å². The lowest BCUT2D eigenvalue weighted by Crippen LogP contribution is -2.34. The van der Waals surface area contributed by atoms with Crippen molar-refractivity contribution in [1.82, 2.24) is 5.32 Å². The van der Waals surface area contributed by atoms with Crippen molar-refractivity contribution in [3.63, 3.8) is 0 Å². The molecule has 0 saturated heterocycles. The summed E-state index contributed by atoms with van der Waals surface area (Å²) in [6.45, 7) is 1.93. The summed E-state index contributed by atoms with van der Waals surface area (Å²) in [6, 6.07) is 5.79. The zero-order chi connectivity index (χ0) is 15.5. The van der Waals surface area contributed by atoms with E-state index < -0.39 is 0 Å². The highest BCUT2D eigenvalue weighted by Gasteiger charge is 2.04. The Hall–Kier alpha value is -1.95. The molecule has 0 bridgehead atoms. The second-order valence-corrected chi connectivity index (χ2v) is 4.47. The molecule has 1 rings (SSSR count). The van der Waals surface area contributed by atoms with Crippen LogP contribution >= 0.6 is 0 Å². The van der Waals surface area contributed by atoms with Crippen molar-refractivity contribution >= 4 is 5.96 Å². The SMILES string of the molecule is COCCNC(N)=NCCCc1cc(OC)ccc1OC. The first-order chi connectivity index (χ1) is 10.2. The number of hydrogen-bond donors (Lipinski definition) is 2. The normalized spacial score (nSPS) is 11.3. The fourth-order valence-corrected chi connectivity index (χ4v) is 1.88. The fourth-order valence-electron chi connectivity index (χ4n) is 1.88. The molecule has 0 saturated carbocycles. The minimum atomic E-state index is 0.449. The molecule has 1 aromatic rings. The molecule has 3 N–H and O–H groups in total. The second-order valence-electron chi connectivity index (χ2n) is 4.47. The van der Waals surface area contributed by atoms with Crippen LogP contribution in [0.3, 0.4) is 0 Å². The van der Waals surface area contributed by atoms with Crippen LogP contribution in [0.2, 0.25) is 0 Å². The molecule has 0 atom stereocenters. The monoisotopic (exact) mass is 295 g/mol. The quantitative estimate of drug-likeness (QED) is 0.406. The van der Waals surface area contributed by atoms with E-state index in [0.717, 1.165) is 29.9 Å².